The Morgan fingerprint density at radius 1 is 0.762 bits per heavy atom. The van der Waals surface area contributed by atoms with E-state index < -0.39 is 63.1 Å². The topological polar surface area (TPSA) is 87.3 Å². The Morgan fingerprint density at radius 2 is 1.33 bits per heavy atom. The van der Waals surface area contributed by atoms with Crippen molar-refractivity contribution in [3.05, 3.63) is 85.3 Å². The fourth-order valence-corrected chi connectivity index (χ4v) is 5.59. The lowest BCUT2D eigenvalue weighted by atomic mass is 10.1. The molecule has 2 atom stereocenters. The minimum atomic E-state index is -5.36. The van der Waals surface area contributed by atoms with Gasteiger partial charge in [0.1, 0.15) is 16.0 Å². The van der Waals surface area contributed by atoms with Gasteiger partial charge in [-0.15, -0.1) is 23.2 Å². The van der Waals surface area contributed by atoms with Crippen molar-refractivity contribution < 1.29 is 36.3 Å². The van der Waals surface area contributed by atoms with Gasteiger partial charge in [-0.05, 0) is 42.0 Å². The lowest BCUT2D eigenvalue weighted by Crippen LogP contribution is -2.30. The molecule has 1 aliphatic rings. The van der Waals surface area contributed by atoms with Gasteiger partial charge in [0.2, 0.25) is 5.91 Å². The predicted molar refractivity (Wildman–Crippen MR) is 151 cm³/mol. The molecular weight excluding hydrogens is 698 g/mol. The lowest BCUT2D eigenvalue weighted by Gasteiger charge is -2.13. The molecule has 1 saturated carbocycles. The van der Waals surface area contributed by atoms with Crippen LogP contribution in [0.25, 0.3) is 0 Å². The summed E-state index contributed by atoms with van der Waals surface area (Å²) in [5.74, 6) is -8.87. The Balaban J connectivity index is 1.52. The molecule has 0 radical (unpaired) electrons. The number of hydrogen-bond donors (Lipinski definition) is 3. The third kappa shape index (κ3) is 6.66. The van der Waals surface area contributed by atoms with Crippen LogP contribution in [0.15, 0.2) is 42.5 Å². The smallest absolute Gasteiger partial charge is 0.326 e. The molecule has 3 N–H and O–H groups in total. The molecule has 0 bridgehead atoms. The second kappa shape index (κ2) is 11.9. The van der Waals surface area contributed by atoms with Crippen molar-refractivity contribution in [2.45, 2.75) is 16.4 Å². The quantitative estimate of drug-likeness (QED) is 0.136. The van der Waals surface area contributed by atoms with Crippen molar-refractivity contribution in [1.29, 1.82) is 0 Å². The molecule has 3 aromatic rings. The predicted octanol–water partition coefficient (Wildman–Crippen LogP) is 8.86. The molecular formula is C25H12Cl6F5N3O3. The fourth-order valence-electron chi connectivity index (χ4n) is 3.94. The van der Waals surface area contributed by atoms with Crippen LogP contribution in [0.2, 0.25) is 20.1 Å². The van der Waals surface area contributed by atoms with E-state index in [0.717, 1.165) is 6.07 Å². The molecule has 1 unspecified atom stereocenters. The molecule has 0 aromatic heterocycles. The molecule has 0 spiro atoms. The number of anilines is 3. The molecule has 6 nitrogen and oxygen atoms in total. The van der Waals surface area contributed by atoms with Crippen molar-refractivity contribution in [3.8, 4) is 0 Å². The van der Waals surface area contributed by atoms with Crippen LogP contribution in [-0.2, 0) is 9.59 Å². The molecule has 0 saturated heterocycles. The van der Waals surface area contributed by atoms with Gasteiger partial charge in [-0.3, -0.25) is 14.4 Å². The molecule has 4 rings (SSSR count). The van der Waals surface area contributed by atoms with Crippen molar-refractivity contribution in [3.63, 3.8) is 0 Å². The van der Waals surface area contributed by atoms with Crippen LogP contribution in [0, 0.1) is 17.6 Å². The molecule has 3 aromatic carbocycles. The number of hydrogen-bond acceptors (Lipinski definition) is 3. The molecule has 1 fully saturated rings. The van der Waals surface area contributed by atoms with E-state index in [1.807, 2.05) is 5.32 Å². The minimum absolute atomic E-state index is 0.0363. The van der Waals surface area contributed by atoms with Crippen LogP contribution >= 0.6 is 69.6 Å². The first-order chi connectivity index (χ1) is 19.4. The third-order valence-corrected chi connectivity index (χ3v) is 8.46. The van der Waals surface area contributed by atoms with Gasteiger partial charge in [-0.25, -0.2) is 8.78 Å². The maximum Gasteiger partial charge on any atom is 0.471 e. The zero-order valence-corrected chi connectivity index (χ0v) is 24.6. The van der Waals surface area contributed by atoms with Gasteiger partial charge in [0.05, 0.1) is 42.9 Å². The maximum absolute atomic E-state index is 14.3. The van der Waals surface area contributed by atoms with E-state index in [0.29, 0.717) is 11.6 Å². The Hall–Kier alpha value is -2.54. The maximum atomic E-state index is 14.3. The van der Waals surface area contributed by atoms with Crippen molar-refractivity contribution in [2.24, 2.45) is 5.92 Å². The number of carbonyl (C=O) groups excluding carboxylic acids is 3. The van der Waals surface area contributed by atoms with E-state index in [-0.39, 0.29) is 37.4 Å². The zero-order valence-electron chi connectivity index (χ0n) is 20.1. The summed E-state index contributed by atoms with van der Waals surface area (Å²) in [7, 11) is 0. The highest BCUT2D eigenvalue weighted by atomic mass is 35.5. The van der Waals surface area contributed by atoms with Gasteiger partial charge in [0, 0.05) is 17.7 Å². The third-order valence-electron chi connectivity index (χ3n) is 5.99. The Labute approximate surface area is 263 Å². The summed E-state index contributed by atoms with van der Waals surface area (Å²) < 4.78 is 64.4. The van der Waals surface area contributed by atoms with Gasteiger partial charge in [-0.2, -0.15) is 13.2 Å². The Morgan fingerprint density at radius 3 is 1.90 bits per heavy atom. The van der Waals surface area contributed by atoms with Crippen molar-refractivity contribution in [1.82, 2.24) is 0 Å². The Bertz CT molecular complexity index is 1610. The number of benzene rings is 3. The summed E-state index contributed by atoms with van der Waals surface area (Å²) in [6.07, 6.45) is -5.36. The van der Waals surface area contributed by atoms with Gasteiger partial charge < -0.3 is 16.0 Å². The van der Waals surface area contributed by atoms with Gasteiger partial charge in [-0.1, -0.05) is 46.4 Å². The van der Waals surface area contributed by atoms with Gasteiger partial charge >= 0.3 is 12.1 Å². The number of rotatable bonds is 6. The SMILES string of the molecule is O=C(Nc1cc(NC(=O)C(F)(F)F)c(F)cc1F)c1cc(NC(=O)C2[C@H](c3cc(Cl)c(Cl)c(Cl)c3)C2(Cl)Cl)ccc1Cl. The van der Waals surface area contributed by atoms with E-state index in [2.05, 4.69) is 5.32 Å². The second-order valence-electron chi connectivity index (χ2n) is 8.83. The largest absolute Gasteiger partial charge is 0.471 e. The highest BCUT2D eigenvalue weighted by Gasteiger charge is 2.67. The van der Waals surface area contributed by atoms with Crippen LogP contribution in [0.5, 0.6) is 0 Å². The van der Waals surface area contributed by atoms with Crippen LogP contribution in [0.3, 0.4) is 0 Å². The van der Waals surface area contributed by atoms with Crippen LogP contribution < -0.4 is 16.0 Å². The van der Waals surface area contributed by atoms with Crippen LogP contribution in [0.1, 0.15) is 21.8 Å². The monoisotopic (exact) mass is 707 g/mol. The number of carbonyl (C=O) groups is 3. The second-order valence-corrected chi connectivity index (χ2v) is 11.9. The van der Waals surface area contributed by atoms with Crippen molar-refractivity contribution >= 4 is 104 Å². The molecule has 1 aliphatic carbocycles. The molecule has 0 heterocycles. The van der Waals surface area contributed by atoms with E-state index in [9.17, 15) is 36.3 Å². The first kappa shape index (κ1) is 32.4. The van der Waals surface area contributed by atoms with Crippen molar-refractivity contribution in [2.75, 3.05) is 16.0 Å². The first-order valence-corrected chi connectivity index (χ1v) is 13.5. The van der Waals surface area contributed by atoms with E-state index in [4.69, 9.17) is 69.6 Å². The van der Waals surface area contributed by atoms with E-state index in [1.165, 1.54) is 29.6 Å². The molecule has 42 heavy (non-hydrogen) atoms. The molecule has 17 heteroatoms. The summed E-state index contributed by atoms with van der Waals surface area (Å²) >= 11 is 36.9. The van der Waals surface area contributed by atoms with Gasteiger partial charge in [0.15, 0.2) is 0 Å². The summed E-state index contributed by atoms with van der Waals surface area (Å²) in [5, 5.41) is 5.99. The fraction of sp³-hybridized carbons (Fsp3) is 0.160. The summed E-state index contributed by atoms with van der Waals surface area (Å²) in [5.41, 5.74) is -1.66. The number of alkyl halides is 5. The van der Waals surface area contributed by atoms with Crippen LogP contribution in [0.4, 0.5) is 39.0 Å². The van der Waals surface area contributed by atoms with E-state index >= 15 is 0 Å². The number of amides is 3. The lowest BCUT2D eigenvalue weighted by molar-refractivity contribution is -0.167. The minimum Gasteiger partial charge on any atom is -0.326 e. The summed E-state index contributed by atoms with van der Waals surface area (Å²) in [6.45, 7) is 0. The molecule has 0 aliphatic heterocycles. The molecule has 222 valence electrons. The average Bonchev–Trinajstić information content (AvgIpc) is 3.47. The Kier molecular flexibility index (Phi) is 9.14. The normalized spacial score (nSPS) is 17.4. The van der Waals surface area contributed by atoms with E-state index in [1.54, 1.807) is 0 Å². The van der Waals surface area contributed by atoms with Gasteiger partial charge in [0.25, 0.3) is 5.91 Å². The highest BCUT2D eigenvalue weighted by Crippen LogP contribution is 2.65. The zero-order chi connectivity index (χ0) is 31.3. The highest BCUT2D eigenvalue weighted by molar-refractivity contribution is 6.54. The summed E-state index contributed by atoms with van der Waals surface area (Å²) in [4.78, 5) is 37.1. The summed E-state index contributed by atoms with van der Waals surface area (Å²) in [6, 6.07) is 7.21. The number of nitrogens with one attached hydrogen (secondary N) is 3. The first-order valence-electron chi connectivity index (χ1n) is 11.2. The average molecular weight is 710 g/mol. The van der Waals surface area contributed by atoms with Crippen LogP contribution in [-0.4, -0.2) is 28.2 Å². The number of halogens is 11. The standard InChI is InChI=1S/C25H12Cl6F5N3O3/c26-11-2-1-9(37-22(41)19-18(24(19,30)31)8-3-12(27)20(29)13(28)4-8)5-10(11)21(40)38-16-7-17(15(33)6-14(16)32)39-23(42)25(34,35)36/h1-7,18-19H,(H,37,41)(H,38,40)(H,39,42)/t18-,19?/m0/s1. The molecule has 3 amide bonds.